The number of likely N-dealkylation sites (N-methyl/N-ethyl adjacent to an activating group) is 1. The molecule has 6 nitrogen and oxygen atoms in total. The number of rotatable bonds is 3. The van der Waals surface area contributed by atoms with Gasteiger partial charge >= 0.3 is 5.97 Å². The summed E-state index contributed by atoms with van der Waals surface area (Å²) < 4.78 is 32.7. The minimum absolute atomic E-state index is 0.195. The third kappa shape index (κ3) is 2.82. The molecule has 2 aliphatic rings. The second-order valence-electron chi connectivity index (χ2n) is 7.00. The molecule has 0 bridgehead atoms. The van der Waals surface area contributed by atoms with Gasteiger partial charge in [0.2, 0.25) is 0 Å². The Kier molecular flexibility index (Phi) is 4.88. The summed E-state index contributed by atoms with van der Waals surface area (Å²) in [6.45, 7) is 1.16. The van der Waals surface area contributed by atoms with Gasteiger partial charge in [-0.15, -0.1) is 0 Å². The van der Waals surface area contributed by atoms with Crippen LogP contribution >= 0.6 is 0 Å². The molecule has 1 aromatic carbocycles. The van der Waals surface area contributed by atoms with E-state index in [1.165, 1.54) is 4.90 Å². The van der Waals surface area contributed by atoms with Crippen LogP contribution in [-0.2, 0) is 4.79 Å². The van der Waals surface area contributed by atoms with Gasteiger partial charge in [-0.25, -0.2) is 8.78 Å². The zero-order valence-corrected chi connectivity index (χ0v) is 14.8. The van der Waals surface area contributed by atoms with Crippen molar-refractivity contribution in [2.24, 2.45) is 5.41 Å². The molecule has 0 unspecified atom stereocenters. The molecule has 0 spiro atoms. The SMILES string of the molecule is COc1c(F)ccc(C(=O)N2CC[C@@]3(C(=O)O)CCCN(C)[C@@H]3C2)c1F. The lowest BCUT2D eigenvalue weighted by atomic mass is 9.68. The Hall–Kier alpha value is -2.22. The van der Waals surface area contributed by atoms with Gasteiger partial charge in [-0.05, 0) is 45.0 Å². The number of ether oxygens (including phenoxy) is 1. The first kappa shape index (κ1) is 18.6. The number of hydrogen-bond donors (Lipinski definition) is 1. The van der Waals surface area contributed by atoms with Gasteiger partial charge in [0.15, 0.2) is 17.4 Å². The standard InChI is InChI=1S/C18H22F2N2O4/c1-21-8-3-6-18(17(24)25)7-9-22(10-13(18)21)16(23)11-4-5-12(19)15(26-2)14(11)20/h4-5,13H,3,6-10H2,1-2H3,(H,24,25)/t13-,18+/m1/s1. The third-order valence-corrected chi connectivity index (χ3v) is 5.72. The van der Waals surface area contributed by atoms with Crippen molar-refractivity contribution in [1.82, 2.24) is 9.80 Å². The van der Waals surface area contributed by atoms with Crippen LogP contribution in [0.1, 0.15) is 29.6 Å². The fraction of sp³-hybridized carbons (Fsp3) is 0.556. The van der Waals surface area contributed by atoms with Crippen LogP contribution < -0.4 is 4.74 Å². The topological polar surface area (TPSA) is 70.1 Å². The van der Waals surface area contributed by atoms with Crippen molar-refractivity contribution >= 4 is 11.9 Å². The summed E-state index contributed by atoms with van der Waals surface area (Å²) >= 11 is 0. The Bertz CT molecular complexity index is 742. The predicted octanol–water partition coefficient (Wildman–Crippen LogP) is 1.98. The number of likely N-dealkylation sites (tertiary alicyclic amines) is 2. The van der Waals surface area contributed by atoms with E-state index in [1.54, 1.807) is 0 Å². The lowest BCUT2D eigenvalue weighted by Crippen LogP contribution is -2.63. The number of carbonyl (C=O) groups excluding carboxylic acids is 1. The number of amides is 1. The minimum Gasteiger partial charge on any atom is -0.491 e. The summed E-state index contributed by atoms with van der Waals surface area (Å²) in [5.74, 6) is -3.95. The van der Waals surface area contributed by atoms with Crippen molar-refractivity contribution < 1.29 is 28.2 Å². The second-order valence-corrected chi connectivity index (χ2v) is 7.00. The van der Waals surface area contributed by atoms with E-state index in [1.807, 2.05) is 11.9 Å². The lowest BCUT2D eigenvalue weighted by molar-refractivity contribution is -0.161. The van der Waals surface area contributed by atoms with Gasteiger partial charge in [0.1, 0.15) is 0 Å². The maximum absolute atomic E-state index is 14.4. The number of piperidine rings is 2. The fourth-order valence-electron chi connectivity index (χ4n) is 4.22. The summed E-state index contributed by atoms with van der Waals surface area (Å²) in [7, 11) is 2.98. The second kappa shape index (κ2) is 6.83. The Morgan fingerprint density at radius 3 is 2.65 bits per heavy atom. The Morgan fingerprint density at radius 1 is 1.27 bits per heavy atom. The first-order chi connectivity index (χ1) is 12.3. The van der Waals surface area contributed by atoms with Crippen molar-refractivity contribution in [3.8, 4) is 5.75 Å². The molecule has 2 aliphatic heterocycles. The Labute approximate surface area is 150 Å². The molecule has 1 N–H and O–H groups in total. The number of nitrogens with zero attached hydrogens (tertiary/aromatic N) is 2. The van der Waals surface area contributed by atoms with E-state index in [4.69, 9.17) is 4.74 Å². The number of methoxy groups -OCH3 is 1. The monoisotopic (exact) mass is 368 g/mol. The largest absolute Gasteiger partial charge is 0.491 e. The molecule has 26 heavy (non-hydrogen) atoms. The van der Waals surface area contributed by atoms with Crippen molar-refractivity contribution in [3.05, 3.63) is 29.3 Å². The highest BCUT2D eigenvalue weighted by Crippen LogP contribution is 2.42. The number of aliphatic carboxylic acids is 1. The molecular formula is C18H22F2N2O4. The highest BCUT2D eigenvalue weighted by Gasteiger charge is 2.53. The molecule has 0 radical (unpaired) electrons. The summed E-state index contributed by atoms with van der Waals surface area (Å²) in [6, 6.07) is 1.75. The molecular weight excluding hydrogens is 346 g/mol. The van der Waals surface area contributed by atoms with Crippen LogP contribution in [-0.4, -0.2) is 66.6 Å². The summed E-state index contributed by atoms with van der Waals surface area (Å²) in [6.07, 6.45) is 1.66. The average molecular weight is 368 g/mol. The third-order valence-electron chi connectivity index (χ3n) is 5.72. The van der Waals surface area contributed by atoms with E-state index in [0.717, 1.165) is 32.2 Å². The van der Waals surface area contributed by atoms with Crippen LogP contribution in [0, 0.1) is 17.0 Å². The van der Waals surface area contributed by atoms with Crippen molar-refractivity contribution in [1.29, 1.82) is 0 Å². The maximum atomic E-state index is 14.4. The summed E-state index contributed by atoms with van der Waals surface area (Å²) in [5.41, 5.74) is -1.16. The van der Waals surface area contributed by atoms with Gasteiger partial charge in [-0.1, -0.05) is 0 Å². The van der Waals surface area contributed by atoms with Crippen LogP contribution in [0.2, 0.25) is 0 Å². The Morgan fingerprint density at radius 2 is 2.00 bits per heavy atom. The molecule has 2 heterocycles. The smallest absolute Gasteiger partial charge is 0.311 e. The maximum Gasteiger partial charge on any atom is 0.311 e. The zero-order chi connectivity index (χ0) is 19.1. The van der Waals surface area contributed by atoms with Crippen LogP contribution in [0.4, 0.5) is 8.78 Å². The van der Waals surface area contributed by atoms with E-state index in [2.05, 4.69) is 0 Å². The van der Waals surface area contributed by atoms with Gasteiger partial charge in [-0.2, -0.15) is 0 Å². The molecule has 0 saturated carbocycles. The number of carboxylic acids is 1. The Balaban J connectivity index is 1.88. The van der Waals surface area contributed by atoms with Gasteiger partial charge < -0.3 is 19.6 Å². The molecule has 2 atom stereocenters. The quantitative estimate of drug-likeness (QED) is 0.884. The molecule has 8 heteroatoms. The van der Waals surface area contributed by atoms with Gasteiger partial charge in [-0.3, -0.25) is 9.59 Å². The van der Waals surface area contributed by atoms with E-state index >= 15 is 0 Å². The minimum atomic E-state index is -1.04. The highest BCUT2D eigenvalue weighted by atomic mass is 19.1. The van der Waals surface area contributed by atoms with E-state index in [0.29, 0.717) is 12.8 Å². The normalized spacial score (nSPS) is 26.3. The van der Waals surface area contributed by atoms with E-state index in [-0.39, 0.29) is 24.7 Å². The molecule has 2 saturated heterocycles. The summed E-state index contributed by atoms with van der Waals surface area (Å²) in [4.78, 5) is 28.1. The number of carboxylic acid groups (broad SMARTS) is 1. The van der Waals surface area contributed by atoms with Crippen LogP contribution in [0.15, 0.2) is 12.1 Å². The van der Waals surface area contributed by atoms with E-state index < -0.39 is 34.7 Å². The van der Waals surface area contributed by atoms with E-state index in [9.17, 15) is 23.5 Å². The molecule has 3 rings (SSSR count). The molecule has 1 aromatic rings. The zero-order valence-electron chi connectivity index (χ0n) is 14.8. The van der Waals surface area contributed by atoms with Gasteiger partial charge in [0, 0.05) is 19.1 Å². The van der Waals surface area contributed by atoms with Crippen LogP contribution in [0.3, 0.4) is 0 Å². The number of fused-ring (bicyclic) bond motifs is 1. The molecule has 0 aliphatic carbocycles. The highest BCUT2D eigenvalue weighted by molar-refractivity contribution is 5.95. The van der Waals surface area contributed by atoms with Gasteiger partial charge in [0.25, 0.3) is 5.91 Å². The van der Waals surface area contributed by atoms with Crippen LogP contribution in [0.5, 0.6) is 5.75 Å². The molecule has 142 valence electrons. The summed E-state index contributed by atoms with van der Waals surface area (Å²) in [5, 5.41) is 9.78. The van der Waals surface area contributed by atoms with Gasteiger partial charge in [0.05, 0.1) is 18.1 Å². The average Bonchev–Trinajstić information content (AvgIpc) is 2.61. The lowest BCUT2D eigenvalue weighted by Gasteiger charge is -2.51. The molecule has 0 aromatic heterocycles. The number of hydrogen-bond acceptors (Lipinski definition) is 4. The molecule has 2 fully saturated rings. The van der Waals surface area contributed by atoms with Crippen molar-refractivity contribution in [2.75, 3.05) is 33.8 Å². The predicted molar refractivity (Wildman–Crippen MR) is 89.2 cm³/mol. The first-order valence-corrected chi connectivity index (χ1v) is 8.56. The fourth-order valence-corrected chi connectivity index (χ4v) is 4.22. The number of benzene rings is 1. The number of carbonyl (C=O) groups is 2. The van der Waals surface area contributed by atoms with Crippen molar-refractivity contribution in [3.63, 3.8) is 0 Å². The van der Waals surface area contributed by atoms with Crippen LogP contribution in [0.25, 0.3) is 0 Å². The van der Waals surface area contributed by atoms with Crippen molar-refractivity contribution in [2.45, 2.75) is 25.3 Å². The first-order valence-electron chi connectivity index (χ1n) is 8.56. The number of halogens is 2. The molecule has 1 amide bonds.